The minimum absolute atomic E-state index is 0.339. The molecule has 2 rings (SSSR count). The Morgan fingerprint density at radius 3 is 2.52 bits per heavy atom. The van der Waals surface area contributed by atoms with Crippen LogP contribution in [0.4, 0.5) is 11.6 Å². The first-order chi connectivity index (χ1) is 10.1. The van der Waals surface area contributed by atoms with Gasteiger partial charge < -0.3 is 15.5 Å². The summed E-state index contributed by atoms with van der Waals surface area (Å²) >= 11 is 0. The summed E-state index contributed by atoms with van der Waals surface area (Å²) in [6.07, 6.45) is 3.45. The summed E-state index contributed by atoms with van der Waals surface area (Å²) in [4.78, 5) is 11.7. The lowest BCUT2D eigenvalue weighted by Crippen LogP contribution is -2.37. The first-order valence-electron chi connectivity index (χ1n) is 8.16. The van der Waals surface area contributed by atoms with Gasteiger partial charge in [0.1, 0.15) is 17.5 Å². The van der Waals surface area contributed by atoms with E-state index >= 15 is 0 Å². The second-order valence-electron chi connectivity index (χ2n) is 6.30. The second kappa shape index (κ2) is 7.59. The van der Waals surface area contributed by atoms with Crippen LogP contribution in [-0.2, 0) is 0 Å². The molecule has 2 heterocycles. The van der Waals surface area contributed by atoms with E-state index in [1.807, 2.05) is 6.07 Å². The molecule has 0 bridgehead atoms. The van der Waals surface area contributed by atoms with E-state index in [1.165, 1.54) is 12.8 Å². The van der Waals surface area contributed by atoms with Gasteiger partial charge in [-0.25, -0.2) is 9.97 Å². The quantitative estimate of drug-likeness (QED) is 0.844. The van der Waals surface area contributed by atoms with Crippen LogP contribution < -0.4 is 10.6 Å². The maximum absolute atomic E-state index is 4.68. The van der Waals surface area contributed by atoms with Gasteiger partial charge in [-0.1, -0.05) is 20.8 Å². The van der Waals surface area contributed by atoms with Gasteiger partial charge in [-0.2, -0.15) is 0 Å². The van der Waals surface area contributed by atoms with Crippen molar-refractivity contribution in [1.29, 1.82) is 0 Å². The van der Waals surface area contributed by atoms with E-state index in [9.17, 15) is 0 Å². The topological polar surface area (TPSA) is 53.1 Å². The van der Waals surface area contributed by atoms with Crippen LogP contribution in [0.25, 0.3) is 0 Å². The van der Waals surface area contributed by atoms with Gasteiger partial charge in [0.25, 0.3) is 0 Å². The number of likely N-dealkylation sites (tertiary alicyclic amines) is 1. The van der Waals surface area contributed by atoms with Crippen molar-refractivity contribution in [3.63, 3.8) is 0 Å². The van der Waals surface area contributed by atoms with Gasteiger partial charge in [-0.05, 0) is 39.4 Å². The molecule has 0 aliphatic carbocycles. The van der Waals surface area contributed by atoms with Crippen LogP contribution in [0.3, 0.4) is 0 Å². The molecule has 0 amide bonds. The summed E-state index contributed by atoms with van der Waals surface area (Å²) in [5.74, 6) is 3.14. The Morgan fingerprint density at radius 2 is 1.90 bits per heavy atom. The summed E-state index contributed by atoms with van der Waals surface area (Å²) in [5.41, 5.74) is 0. The summed E-state index contributed by atoms with van der Waals surface area (Å²) in [6.45, 7) is 9.69. The number of nitrogens with one attached hydrogen (secondary N) is 2. The van der Waals surface area contributed by atoms with Gasteiger partial charge in [0.05, 0.1) is 0 Å². The monoisotopic (exact) mass is 291 g/mol. The van der Waals surface area contributed by atoms with Crippen molar-refractivity contribution in [1.82, 2.24) is 14.9 Å². The molecule has 0 spiro atoms. The summed E-state index contributed by atoms with van der Waals surface area (Å²) in [6, 6.07) is 2.56. The van der Waals surface area contributed by atoms with E-state index in [2.05, 4.69) is 53.3 Å². The fourth-order valence-corrected chi connectivity index (χ4v) is 2.50. The Labute approximate surface area is 128 Å². The highest BCUT2D eigenvalue weighted by molar-refractivity contribution is 5.48. The minimum atomic E-state index is 0.339. The van der Waals surface area contributed by atoms with Gasteiger partial charge in [0.15, 0.2) is 0 Å². The molecule has 1 fully saturated rings. The van der Waals surface area contributed by atoms with E-state index in [4.69, 9.17) is 0 Å². The molecule has 1 saturated heterocycles. The standard InChI is InChI=1S/C16H29N5/c1-5-8-17-14-11-15(20-16(19-14)12(2)3)18-13-6-9-21(4)10-7-13/h11-13H,5-10H2,1-4H3,(H2,17,18,19,20). The van der Waals surface area contributed by atoms with Crippen LogP contribution in [0, 0.1) is 0 Å². The molecule has 21 heavy (non-hydrogen) atoms. The first kappa shape index (κ1) is 16.0. The van der Waals surface area contributed by atoms with Crippen LogP contribution in [-0.4, -0.2) is 47.6 Å². The smallest absolute Gasteiger partial charge is 0.135 e. The fraction of sp³-hybridized carbons (Fsp3) is 0.750. The number of nitrogens with zero attached hydrogens (tertiary/aromatic N) is 3. The predicted molar refractivity (Wildman–Crippen MR) is 89.0 cm³/mol. The molecule has 1 aromatic rings. The van der Waals surface area contributed by atoms with Crippen molar-refractivity contribution in [3.05, 3.63) is 11.9 Å². The number of rotatable bonds is 6. The Balaban J connectivity index is 2.07. The zero-order valence-corrected chi connectivity index (χ0v) is 13.8. The van der Waals surface area contributed by atoms with Crippen molar-refractivity contribution in [2.75, 3.05) is 37.3 Å². The molecule has 1 aliphatic rings. The van der Waals surface area contributed by atoms with Gasteiger partial charge in [0.2, 0.25) is 0 Å². The largest absolute Gasteiger partial charge is 0.370 e. The zero-order chi connectivity index (χ0) is 15.2. The number of hydrogen-bond acceptors (Lipinski definition) is 5. The van der Waals surface area contributed by atoms with Gasteiger partial charge in [-0.3, -0.25) is 0 Å². The lowest BCUT2D eigenvalue weighted by molar-refractivity contribution is 0.263. The van der Waals surface area contributed by atoms with Crippen LogP contribution in [0.1, 0.15) is 51.8 Å². The molecule has 0 aromatic carbocycles. The normalized spacial score (nSPS) is 17.2. The molecular weight excluding hydrogens is 262 g/mol. The third-order valence-corrected chi connectivity index (χ3v) is 3.89. The lowest BCUT2D eigenvalue weighted by atomic mass is 10.1. The van der Waals surface area contributed by atoms with Gasteiger partial charge in [0, 0.05) is 24.6 Å². The first-order valence-corrected chi connectivity index (χ1v) is 8.16. The van der Waals surface area contributed by atoms with E-state index in [-0.39, 0.29) is 0 Å². The Kier molecular flexibility index (Phi) is 5.79. The van der Waals surface area contributed by atoms with Crippen molar-refractivity contribution in [2.24, 2.45) is 0 Å². The molecule has 0 atom stereocenters. The van der Waals surface area contributed by atoms with E-state index in [0.29, 0.717) is 12.0 Å². The third kappa shape index (κ3) is 4.84. The summed E-state index contributed by atoms with van der Waals surface area (Å²) < 4.78 is 0. The number of anilines is 2. The highest BCUT2D eigenvalue weighted by atomic mass is 15.1. The molecule has 118 valence electrons. The predicted octanol–water partition coefficient (Wildman–Crippen LogP) is 2.93. The van der Waals surface area contributed by atoms with E-state index in [0.717, 1.165) is 43.5 Å². The van der Waals surface area contributed by atoms with Crippen molar-refractivity contribution >= 4 is 11.6 Å². The molecule has 1 aliphatic heterocycles. The van der Waals surface area contributed by atoms with E-state index in [1.54, 1.807) is 0 Å². The zero-order valence-electron chi connectivity index (χ0n) is 13.8. The minimum Gasteiger partial charge on any atom is -0.370 e. The molecular formula is C16H29N5. The van der Waals surface area contributed by atoms with E-state index < -0.39 is 0 Å². The molecule has 0 unspecified atom stereocenters. The second-order valence-corrected chi connectivity index (χ2v) is 6.30. The summed E-state index contributed by atoms with van der Waals surface area (Å²) in [7, 11) is 2.19. The number of piperidine rings is 1. The number of aromatic nitrogens is 2. The SMILES string of the molecule is CCCNc1cc(NC2CCN(C)CC2)nc(C(C)C)n1. The van der Waals surface area contributed by atoms with Crippen molar-refractivity contribution in [3.8, 4) is 0 Å². The highest BCUT2D eigenvalue weighted by Gasteiger charge is 2.17. The van der Waals surface area contributed by atoms with Crippen LogP contribution in [0.2, 0.25) is 0 Å². The molecule has 0 saturated carbocycles. The third-order valence-electron chi connectivity index (χ3n) is 3.89. The molecule has 1 aromatic heterocycles. The maximum Gasteiger partial charge on any atom is 0.135 e. The maximum atomic E-state index is 4.68. The van der Waals surface area contributed by atoms with Gasteiger partial charge in [-0.15, -0.1) is 0 Å². The average molecular weight is 291 g/mol. The van der Waals surface area contributed by atoms with Gasteiger partial charge >= 0.3 is 0 Å². The lowest BCUT2D eigenvalue weighted by Gasteiger charge is -2.30. The van der Waals surface area contributed by atoms with Crippen molar-refractivity contribution in [2.45, 2.75) is 52.0 Å². The van der Waals surface area contributed by atoms with Crippen LogP contribution >= 0.6 is 0 Å². The average Bonchev–Trinajstić information content (AvgIpc) is 2.47. The Bertz CT molecular complexity index is 438. The highest BCUT2D eigenvalue weighted by Crippen LogP contribution is 2.20. The molecule has 0 radical (unpaired) electrons. The molecule has 5 nitrogen and oxygen atoms in total. The molecule has 2 N–H and O–H groups in total. The van der Waals surface area contributed by atoms with Crippen molar-refractivity contribution < 1.29 is 0 Å². The molecule has 5 heteroatoms. The van der Waals surface area contributed by atoms with Crippen LogP contribution in [0.5, 0.6) is 0 Å². The Morgan fingerprint density at radius 1 is 1.24 bits per heavy atom. The summed E-state index contributed by atoms with van der Waals surface area (Å²) in [5, 5.41) is 6.97. The van der Waals surface area contributed by atoms with Crippen LogP contribution in [0.15, 0.2) is 6.07 Å². The fourth-order valence-electron chi connectivity index (χ4n) is 2.50. The Hall–Kier alpha value is -1.36. The number of hydrogen-bond donors (Lipinski definition) is 2.